The van der Waals surface area contributed by atoms with Crippen LogP contribution in [-0.4, -0.2) is 16.0 Å². The fourth-order valence-electron chi connectivity index (χ4n) is 1.32. The maximum Gasteiger partial charge on any atom is 0.247 e. The Balaban J connectivity index is 2.04. The zero-order valence-electron chi connectivity index (χ0n) is 9.52. The Bertz CT molecular complexity index is 470. The van der Waals surface area contributed by atoms with Crippen LogP contribution in [0.3, 0.4) is 0 Å². The molecule has 5 heteroatoms. The van der Waals surface area contributed by atoms with Crippen LogP contribution in [0.15, 0.2) is 28.7 Å². The van der Waals surface area contributed by atoms with Gasteiger partial charge in [0.25, 0.3) is 0 Å². The lowest BCUT2D eigenvalue weighted by molar-refractivity contribution is 0.528. The molecule has 90 valence electrons. The lowest BCUT2D eigenvalue weighted by Gasteiger charge is -1.95. The highest BCUT2D eigenvalue weighted by Crippen LogP contribution is 2.21. The number of nitrogens with zero attached hydrogens (tertiary/aromatic N) is 2. The smallest absolute Gasteiger partial charge is 0.247 e. The first-order valence-corrected chi connectivity index (χ1v) is 6.99. The number of halogens is 1. The molecular formula is C12H13ClN2OS. The van der Waals surface area contributed by atoms with Crippen LogP contribution in [0.25, 0.3) is 11.5 Å². The van der Waals surface area contributed by atoms with Crippen molar-refractivity contribution in [1.29, 1.82) is 0 Å². The summed E-state index contributed by atoms with van der Waals surface area (Å²) in [7, 11) is 0. The molecule has 2 aromatic rings. The maximum absolute atomic E-state index is 5.82. The van der Waals surface area contributed by atoms with Gasteiger partial charge in [-0.05, 0) is 36.4 Å². The van der Waals surface area contributed by atoms with E-state index in [1.54, 1.807) is 11.8 Å². The van der Waals surface area contributed by atoms with Crippen molar-refractivity contribution in [1.82, 2.24) is 10.2 Å². The number of hydrogen-bond donors (Lipinski definition) is 0. The molecule has 0 radical (unpaired) electrons. The van der Waals surface area contributed by atoms with E-state index < -0.39 is 0 Å². The van der Waals surface area contributed by atoms with E-state index in [0.29, 0.717) is 16.8 Å². The van der Waals surface area contributed by atoms with Crippen molar-refractivity contribution >= 4 is 23.4 Å². The van der Waals surface area contributed by atoms with Crippen LogP contribution in [-0.2, 0) is 5.75 Å². The van der Waals surface area contributed by atoms with Crippen molar-refractivity contribution < 1.29 is 4.42 Å². The average Bonchev–Trinajstić information content (AvgIpc) is 2.79. The number of rotatable bonds is 5. The van der Waals surface area contributed by atoms with Crippen molar-refractivity contribution in [3.8, 4) is 11.5 Å². The molecule has 3 nitrogen and oxygen atoms in total. The van der Waals surface area contributed by atoms with Crippen molar-refractivity contribution in [2.24, 2.45) is 0 Å². The highest BCUT2D eigenvalue weighted by Gasteiger charge is 2.07. The van der Waals surface area contributed by atoms with Crippen LogP contribution < -0.4 is 0 Å². The summed E-state index contributed by atoms with van der Waals surface area (Å²) in [4.78, 5) is 0. The molecule has 0 unspecified atom stereocenters. The topological polar surface area (TPSA) is 38.9 Å². The molecule has 0 aliphatic carbocycles. The summed E-state index contributed by atoms with van der Waals surface area (Å²) in [5, 5.41) is 8.74. The summed E-state index contributed by atoms with van der Waals surface area (Å²) in [5.41, 5.74) is 0.897. The van der Waals surface area contributed by atoms with Crippen molar-refractivity contribution in [2.75, 3.05) is 5.75 Å². The Hall–Kier alpha value is -1.00. The van der Waals surface area contributed by atoms with E-state index in [0.717, 1.165) is 23.5 Å². The lowest BCUT2D eigenvalue weighted by Crippen LogP contribution is -1.81. The van der Waals surface area contributed by atoms with Gasteiger partial charge in [0.2, 0.25) is 11.8 Å². The van der Waals surface area contributed by atoms with Crippen LogP contribution in [0.5, 0.6) is 0 Å². The van der Waals surface area contributed by atoms with Crippen molar-refractivity contribution in [3.63, 3.8) is 0 Å². The Morgan fingerprint density at radius 1 is 1.24 bits per heavy atom. The third-order valence-electron chi connectivity index (χ3n) is 2.13. The van der Waals surface area contributed by atoms with Crippen LogP contribution in [0.1, 0.15) is 19.2 Å². The molecule has 0 aliphatic heterocycles. The van der Waals surface area contributed by atoms with Gasteiger partial charge in [-0.2, -0.15) is 11.8 Å². The average molecular weight is 269 g/mol. The molecule has 0 saturated heterocycles. The Kier molecular flexibility index (Phi) is 4.45. The number of aromatic nitrogens is 2. The molecule has 1 aromatic carbocycles. The standard InChI is InChI=1S/C12H13ClN2OS/c1-2-7-17-8-11-14-15-12(16-11)9-3-5-10(13)6-4-9/h3-6H,2,7-8H2,1H3. The highest BCUT2D eigenvalue weighted by molar-refractivity contribution is 7.98. The van der Waals surface area contributed by atoms with Crippen molar-refractivity contribution in [2.45, 2.75) is 19.1 Å². The molecule has 0 aliphatic rings. The molecule has 0 amide bonds. The molecular weight excluding hydrogens is 256 g/mol. The molecule has 17 heavy (non-hydrogen) atoms. The molecule has 0 fully saturated rings. The van der Waals surface area contributed by atoms with Gasteiger partial charge in [-0.1, -0.05) is 18.5 Å². The minimum atomic E-state index is 0.550. The van der Waals surface area contributed by atoms with E-state index >= 15 is 0 Å². The fraction of sp³-hybridized carbons (Fsp3) is 0.333. The predicted molar refractivity (Wildman–Crippen MR) is 71.2 cm³/mol. The highest BCUT2D eigenvalue weighted by atomic mass is 35.5. The monoisotopic (exact) mass is 268 g/mol. The SMILES string of the molecule is CCCSCc1nnc(-c2ccc(Cl)cc2)o1. The molecule has 0 bridgehead atoms. The van der Waals surface area contributed by atoms with Gasteiger partial charge in [-0.15, -0.1) is 10.2 Å². The van der Waals surface area contributed by atoms with Crippen LogP contribution in [0.4, 0.5) is 0 Å². The third-order valence-corrected chi connectivity index (χ3v) is 3.53. The molecule has 0 spiro atoms. The molecule has 1 heterocycles. The van der Waals surface area contributed by atoms with Crippen LogP contribution in [0, 0.1) is 0 Å². The second-order valence-corrected chi connectivity index (χ2v) is 5.10. The van der Waals surface area contributed by atoms with Gasteiger partial charge < -0.3 is 4.42 Å². The first-order valence-electron chi connectivity index (χ1n) is 5.45. The summed E-state index contributed by atoms with van der Waals surface area (Å²) >= 11 is 7.62. The minimum Gasteiger partial charge on any atom is -0.420 e. The van der Waals surface area contributed by atoms with E-state index in [9.17, 15) is 0 Å². The summed E-state index contributed by atoms with van der Waals surface area (Å²) in [6.07, 6.45) is 1.16. The van der Waals surface area contributed by atoms with E-state index in [2.05, 4.69) is 17.1 Å². The second kappa shape index (κ2) is 6.07. The predicted octanol–water partition coefficient (Wildman–Crippen LogP) is 4.03. The van der Waals surface area contributed by atoms with Gasteiger partial charge in [0, 0.05) is 10.6 Å². The van der Waals surface area contributed by atoms with Gasteiger partial charge in [0.1, 0.15) is 0 Å². The Morgan fingerprint density at radius 2 is 2.00 bits per heavy atom. The lowest BCUT2D eigenvalue weighted by atomic mass is 10.2. The molecule has 0 saturated carbocycles. The van der Waals surface area contributed by atoms with Gasteiger partial charge >= 0.3 is 0 Å². The van der Waals surface area contributed by atoms with Gasteiger partial charge in [-0.25, -0.2) is 0 Å². The van der Waals surface area contributed by atoms with E-state index in [1.807, 2.05) is 24.3 Å². The zero-order chi connectivity index (χ0) is 12.1. The van der Waals surface area contributed by atoms with Gasteiger partial charge in [0.05, 0.1) is 5.75 Å². The summed E-state index contributed by atoms with van der Waals surface area (Å²) in [6.45, 7) is 2.15. The quantitative estimate of drug-likeness (QED) is 0.768. The van der Waals surface area contributed by atoms with E-state index in [1.165, 1.54) is 0 Å². The zero-order valence-corrected chi connectivity index (χ0v) is 11.1. The number of benzene rings is 1. The normalized spacial score (nSPS) is 10.7. The first kappa shape index (κ1) is 12.5. The molecule has 2 rings (SSSR count). The fourth-order valence-corrected chi connectivity index (χ4v) is 2.18. The molecule has 0 atom stereocenters. The molecule has 0 N–H and O–H groups in total. The first-order chi connectivity index (χ1) is 8.29. The van der Waals surface area contributed by atoms with Crippen LogP contribution in [0.2, 0.25) is 5.02 Å². The van der Waals surface area contributed by atoms with Crippen molar-refractivity contribution in [3.05, 3.63) is 35.2 Å². The minimum absolute atomic E-state index is 0.550. The Morgan fingerprint density at radius 3 is 2.71 bits per heavy atom. The summed E-state index contributed by atoms with van der Waals surface area (Å²) in [5.74, 6) is 3.11. The second-order valence-electron chi connectivity index (χ2n) is 3.56. The maximum atomic E-state index is 5.82. The summed E-state index contributed by atoms with van der Waals surface area (Å²) in [6, 6.07) is 7.37. The number of hydrogen-bond acceptors (Lipinski definition) is 4. The van der Waals surface area contributed by atoms with E-state index in [4.69, 9.17) is 16.0 Å². The molecule has 1 aromatic heterocycles. The number of thioether (sulfide) groups is 1. The Labute approximate surface area is 110 Å². The van der Waals surface area contributed by atoms with E-state index in [-0.39, 0.29) is 0 Å². The van der Waals surface area contributed by atoms with Gasteiger partial charge in [-0.3, -0.25) is 0 Å². The summed E-state index contributed by atoms with van der Waals surface area (Å²) < 4.78 is 5.57. The van der Waals surface area contributed by atoms with Gasteiger partial charge in [0.15, 0.2) is 0 Å². The largest absolute Gasteiger partial charge is 0.420 e. The van der Waals surface area contributed by atoms with Crippen LogP contribution >= 0.6 is 23.4 Å². The third kappa shape index (κ3) is 3.48.